The fraction of sp³-hybridized carbons (Fsp3) is 0.473. The van der Waals surface area contributed by atoms with Gasteiger partial charge in [-0.1, -0.05) is 176 Å². The SMILES string of the molecule is C=CC(=O)[C@H](OC)[C@H]1OC(C)(C)O[C@H]1CO[Si](c1ccccc1)(c1ccccc1)C(C)(C)C.C=C[C@](C)(O)[C@H](OC)[C@H]1OC(C)(C)O[C@H]1CO[Si](c1ccccc1)(c1ccccc1)C(C)(C)C. The Labute approximate surface area is 402 Å². The Balaban J connectivity index is 0.000000251. The molecular weight excluding hydrogens is 877 g/mol. The van der Waals surface area contributed by atoms with E-state index in [9.17, 15) is 9.90 Å². The maximum absolute atomic E-state index is 12.5. The number of ketones is 1. The third kappa shape index (κ3) is 11.9. The molecule has 10 nitrogen and oxygen atoms in total. The van der Waals surface area contributed by atoms with Crippen LogP contribution in [0.15, 0.2) is 147 Å². The van der Waals surface area contributed by atoms with Gasteiger partial charge in [0, 0.05) is 14.2 Å². The molecule has 0 aliphatic carbocycles. The molecule has 0 saturated carbocycles. The molecule has 2 aliphatic rings. The lowest BCUT2D eigenvalue weighted by atomic mass is 9.92. The average Bonchev–Trinajstić information content (AvgIpc) is 3.77. The minimum Gasteiger partial charge on any atom is -0.405 e. The van der Waals surface area contributed by atoms with Crippen molar-refractivity contribution in [1.29, 1.82) is 0 Å². The number of hydrogen-bond acceptors (Lipinski definition) is 10. The first-order valence-corrected chi connectivity index (χ1v) is 27.0. The maximum Gasteiger partial charge on any atom is 0.261 e. The van der Waals surface area contributed by atoms with Crippen molar-refractivity contribution >= 4 is 43.2 Å². The number of carbonyl (C=O) groups is 1. The molecule has 0 spiro atoms. The summed E-state index contributed by atoms with van der Waals surface area (Å²) in [6, 6.07) is 41.9. The molecule has 2 aliphatic heterocycles. The highest BCUT2D eigenvalue weighted by atomic mass is 28.4. The van der Waals surface area contributed by atoms with Crippen LogP contribution in [0.2, 0.25) is 10.1 Å². The van der Waals surface area contributed by atoms with Gasteiger partial charge in [0.05, 0.1) is 13.2 Å². The van der Waals surface area contributed by atoms with Crippen LogP contribution in [-0.2, 0) is 42.1 Å². The summed E-state index contributed by atoms with van der Waals surface area (Å²) in [5, 5.41) is 15.4. The molecule has 0 bridgehead atoms. The Morgan fingerprint density at radius 2 is 0.925 bits per heavy atom. The molecule has 0 aromatic heterocycles. The molecule has 0 radical (unpaired) electrons. The smallest absolute Gasteiger partial charge is 0.261 e. The minimum atomic E-state index is -2.75. The first kappa shape index (κ1) is 54.1. The van der Waals surface area contributed by atoms with E-state index in [0.29, 0.717) is 6.61 Å². The monoisotopic (exact) mass is 952 g/mol. The van der Waals surface area contributed by atoms with E-state index >= 15 is 0 Å². The number of methoxy groups -OCH3 is 2. The van der Waals surface area contributed by atoms with Gasteiger partial charge in [-0.3, -0.25) is 4.79 Å². The number of aliphatic hydroxyl groups is 1. The van der Waals surface area contributed by atoms with Crippen molar-refractivity contribution in [2.75, 3.05) is 27.4 Å². The van der Waals surface area contributed by atoms with Gasteiger partial charge < -0.3 is 42.4 Å². The lowest BCUT2D eigenvalue weighted by Gasteiger charge is -2.44. The average molecular weight is 953 g/mol. The summed E-state index contributed by atoms with van der Waals surface area (Å²) in [7, 11) is -2.44. The summed E-state index contributed by atoms with van der Waals surface area (Å²) in [4.78, 5) is 12.5. The Bertz CT molecular complexity index is 2110. The maximum atomic E-state index is 12.5. The predicted molar refractivity (Wildman–Crippen MR) is 272 cm³/mol. The van der Waals surface area contributed by atoms with Crippen LogP contribution < -0.4 is 20.7 Å². The summed E-state index contributed by atoms with van der Waals surface area (Å²) >= 11 is 0. The zero-order valence-corrected chi connectivity index (χ0v) is 44.1. The van der Waals surface area contributed by atoms with Crippen molar-refractivity contribution in [1.82, 2.24) is 0 Å². The second kappa shape index (κ2) is 21.8. The van der Waals surface area contributed by atoms with Crippen molar-refractivity contribution in [3.05, 3.63) is 147 Å². The zero-order valence-electron chi connectivity index (χ0n) is 42.1. The van der Waals surface area contributed by atoms with E-state index < -0.39 is 70.4 Å². The van der Waals surface area contributed by atoms with Gasteiger partial charge >= 0.3 is 0 Å². The van der Waals surface area contributed by atoms with Crippen LogP contribution in [0, 0.1) is 0 Å². The van der Waals surface area contributed by atoms with E-state index in [2.05, 4.69) is 152 Å². The highest BCUT2D eigenvalue weighted by Crippen LogP contribution is 2.41. The van der Waals surface area contributed by atoms with Gasteiger partial charge in [0.15, 0.2) is 17.4 Å². The second-order valence-corrected chi connectivity index (χ2v) is 29.2. The third-order valence-electron chi connectivity index (χ3n) is 12.8. The third-order valence-corrected chi connectivity index (χ3v) is 22.8. The summed E-state index contributed by atoms with van der Waals surface area (Å²) < 4.78 is 50.2. The lowest BCUT2D eigenvalue weighted by Crippen LogP contribution is -2.67. The molecule has 1 N–H and O–H groups in total. The number of benzene rings is 4. The van der Waals surface area contributed by atoms with E-state index in [0.717, 1.165) is 0 Å². The second-order valence-electron chi connectivity index (χ2n) is 20.6. The van der Waals surface area contributed by atoms with Crippen LogP contribution in [0.4, 0.5) is 0 Å². The molecule has 67 heavy (non-hydrogen) atoms. The first-order valence-electron chi connectivity index (χ1n) is 23.2. The van der Waals surface area contributed by atoms with Gasteiger partial charge in [-0.25, -0.2) is 0 Å². The molecule has 0 unspecified atom stereocenters. The Morgan fingerprint density at radius 3 is 1.21 bits per heavy atom. The predicted octanol–water partition coefficient (Wildman–Crippen LogP) is 7.89. The normalized spacial score (nSPS) is 22.4. The van der Waals surface area contributed by atoms with Crippen molar-refractivity contribution in [2.45, 2.75) is 140 Å². The number of hydrogen-bond donors (Lipinski definition) is 1. The van der Waals surface area contributed by atoms with Crippen molar-refractivity contribution < 1.29 is 47.2 Å². The highest BCUT2D eigenvalue weighted by molar-refractivity contribution is 7.00. The molecule has 0 amide bonds. The van der Waals surface area contributed by atoms with Crippen LogP contribution in [0.3, 0.4) is 0 Å². The van der Waals surface area contributed by atoms with Crippen LogP contribution >= 0.6 is 0 Å². The molecule has 2 heterocycles. The molecule has 2 saturated heterocycles. The van der Waals surface area contributed by atoms with Crippen LogP contribution in [0.25, 0.3) is 0 Å². The van der Waals surface area contributed by atoms with Gasteiger partial charge in [-0.05, 0) is 71.5 Å². The number of carbonyl (C=O) groups excluding carboxylic acids is 1. The topological polar surface area (TPSA) is 111 Å². The Kier molecular flexibility index (Phi) is 17.6. The molecule has 6 rings (SSSR count). The summed E-state index contributed by atoms with van der Waals surface area (Å²) in [6.45, 7) is 30.5. The van der Waals surface area contributed by atoms with E-state index in [1.54, 1.807) is 14.0 Å². The lowest BCUT2D eigenvalue weighted by molar-refractivity contribution is -0.173. The Hall–Kier alpha value is -3.90. The first-order chi connectivity index (χ1) is 31.4. The van der Waals surface area contributed by atoms with Crippen LogP contribution in [0.5, 0.6) is 0 Å². The van der Waals surface area contributed by atoms with Crippen molar-refractivity contribution in [3.8, 4) is 0 Å². The molecule has 4 aromatic carbocycles. The van der Waals surface area contributed by atoms with E-state index in [1.165, 1.54) is 40.0 Å². The standard InChI is InChI=1S/C28H40O5Si.C27H36O5Si/c1-9-28(7,29)25(30-8)24-23(32-27(5,6)33-24)20-31-34(26(2,3)4,21-16-12-10-13-17-21)22-18-14-11-15-19-22;1-8-22(28)24(29-7)25-23(31-27(5,6)32-25)19-30-33(26(2,3)4,20-15-11-9-12-16-20)21-17-13-10-14-18-21/h9-19,23-25,29H,1,20H2,2-8H3;8-18,23-25H,1,19H2,2-7H3/t23-,24-,25+,28-;23-,24-,25-/m00/s1. The van der Waals surface area contributed by atoms with Gasteiger partial charge in [0.1, 0.15) is 42.2 Å². The zero-order chi connectivity index (χ0) is 49.5. The largest absolute Gasteiger partial charge is 0.405 e. The van der Waals surface area contributed by atoms with Gasteiger partial charge in [-0.2, -0.15) is 0 Å². The summed E-state index contributed by atoms with van der Waals surface area (Å²) in [5.74, 6) is -1.93. The van der Waals surface area contributed by atoms with Gasteiger partial charge in [-0.15, -0.1) is 6.58 Å². The van der Waals surface area contributed by atoms with Crippen LogP contribution in [0.1, 0.15) is 76.2 Å². The van der Waals surface area contributed by atoms with Crippen molar-refractivity contribution in [3.63, 3.8) is 0 Å². The van der Waals surface area contributed by atoms with E-state index in [4.69, 9.17) is 37.3 Å². The van der Waals surface area contributed by atoms with E-state index in [-0.39, 0.29) is 22.5 Å². The minimum absolute atomic E-state index is 0.159. The molecule has 2 fully saturated rings. The molecular formula is C55H76O10Si2. The van der Waals surface area contributed by atoms with Gasteiger partial charge in [0.2, 0.25) is 0 Å². The molecule has 12 heteroatoms. The summed E-state index contributed by atoms with van der Waals surface area (Å²) in [5.41, 5.74) is -1.29. The number of ether oxygens (including phenoxy) is 6. The van der Waals surface area contributed by atoms with E-state index in [1.807, 2.05) is 52.0 Å². The van der Waals surface area contributed by atoms with Crippen LogP contribution in [-0.4, -0.2) is 109 Å². The number of rotatable bonds is 18. The van der Waals surface area contributed by atoms with Gasteiger partial charge in [0.25, 0.3) is 16.6 Å². The van der Waals surface area contributed by atoms with Crippen molar-refractivity contribution in [2.24, 2.45) is 0 Å². The molecule has 364 valence electrons. The fourth-order valence-corrected chi connectivity index (χ4v) is 18.9. The highest BCUT2D eigenvalue weighted by Gasteiger charge is 2.56. The summed E-state index contributed by atoms with van der Waals surface area (Å²) in [6.07, 6.45) is -0.779. The molecule has 7 atom stereocenters. The fourth-order valence-electron chi connectivity index (χ4n) is 9.78. The Morgan fingerprint density at radius 1 is 0.597 bits per heavy atom. The quantitative estimate of drug-likeness (QED) is 0.0601. The molecule has 4 aromatic rings.